The first kappa shape index (κ1) is 13.7. The number of halogens is 2. The van der Waals surface area contributed by atoms with Crippen LogP contribution in [0.5, 0.6) is 0 Å². The highest BCUT2D eigenvalue weighted by molar-refractivity contribution is 6.31. The Bertz CT molecular complexity index is 785. The van der Waals surface area contributed by atoms with Crippen molar-refractivity contribution in [1.82, 2.24) is 20.2 Å². The zero-order valence-electron chi connectivity index (χ0n) is 11.3. The van der Waals surface area contributed by atoms with Gasteiger partial charge in [0.25, 0.3) is 0 Å². The van der Waals surface area contributed by atoms with Crippen LogP contribution in [0.3, 0.4) is 0 Å². The van der Waals surface area contributed by atoms with E-state index >= 15 is 0 Å². The maximum Gasteiger partial charge on any atom is 0.185 e. The van der Waals surface area contributed by atoms with Gasteiger partial charge in [-0.15, -0.1) is 5.10 Å². The molecule has 1 heterocycles. The summed E-state index contributed by atoms with van der Waals surface area (Å²) in [5.74, 6) is -0.154. The fraction of sp³-hybridized carbons (Fsp3) is 0.133. The van der Waals surface area contributed by atoms with Crippen molar-refractivity contribution in [2.24, 2.45) is 0 Å². The standard InChI is InChI=1S/C15H12ClFN4/c1-10-5-2-3-6-11(10)9-21-15(18-19-20-21)12-7-4-8-13(16)14(12)17/h2-8H,9H2,1H3. The van der Waals surface area contributed by atoms with Gasteiger partial charge in [-0.2, -0.15) is 0 Å². The van der Waals surface area contributed by atoms with Crippen LogP contribution in [-0.2, 0) is 6.54 Å². The molecule has 0 saturated carbocycles. The summed E-state index contributed by atoms with van der Waals surface area (Å²) in [6.07, 6.45) is 0. The molecule has 0 atom stereocenters. The Labute approximate surface area is 126 Å². The molecule has 4 nitrogen and oxygen atoms in total. The third-order valence-electron chi connectivity index (χ3n) is 3.31. The summed E-state index contributed by atoms with van der Waals surface area (Å²) in [7, 11) is 0. The van der Waals surface area contributed by atoms with Gasteiger partial charge in [-0.1, -0.05) is 41.9 Å². The number of rotatable bonds is 3. The third kappa shape index (κ3) is 2.64. The molecule has 0 aliphatic carbocycles. The molecule has 0 aliphatic rings. The lowest BCUT2D eigenvalue weighted by atomic mass is 10.1. The van der Waals surface area contributed by atoms with Gasteiger partial charge in [0.2, 0.25) is 0 Å². The minimum absolute atomic E-state index is 0.0536. The van der Waals surface area contributed by atoms with Crippen molar-refractivity contribution < 1.29 is 4.39 Å². The van der Waals surface area contributed by atoms with E-state index in [1.54, 1.807) is 16.8 Å². The normalized spacial score (nSPS) is 10.8. The van der Waals surface area contributed by atoms with Crippen molar-refractivity contribution in [3.05, 3.63) is 64.4 Å². The average molecular weight is 303 g/mol. The summed E-state index contributed by atoms with van der Waals surface area (Å²) in [6.45, 7) is 2.49. The van der Waals surface area contributed by atoms with Crippen LogP contribution in [0.4, 0.5) is 4.39 Å². The largest absolute Gasteiger partial charge is 0.221 e. The minimum atomic E-state index is -0.514. The first-order chi connectivity index (χ1) is 10.2. The van der Waals surface area contributed by atoms with Crippen LogP contribution >= 0.6 is 11.6 Å². The summed E-state index contributed by atoms with van der Waals surface area (Å²) in [6, 6.07) is 12.7. The molecule has 0 amide bonds. The van der Waals surface area contributed by atoms with Gasteiger partial charge in [-0.25, -0.2) is 9.07 Å². The molecule has 1 aromatic heterocycles. The zero-order chi connectivity index (χ0) is 14.8. The van der Waals surface area contributed by atoms with E-state index in [9.17, 15) is 4.39 Å². The van der Waals surface area contributed by atoms with Crippen LogP contribution in [0.2, 0.25) is 5.02 Å². The van der Waals surface area contributed by atoms with Gasteiger partial charge in [-0.05, 0) is 40.6 Å². The summed E-state index contributed by atoms with van der Waals surface area (Å²) < 4.78 is 15.7. The molecule has 0 aliphatic heterocycles. The fourth-order valence-electron chi connectivity index (χ4n) is 2.13. The predicted molar refractivity (Wildman–Crippen MR) is 78.5 cm³/mol. The van der Waals surface area contributed by atoms with Crippen LogP contribution in [0, 0.1) is 12.7 Å². The molecule has 0 N–H and O–H groups in total. The van der Waals surface area contributed by atoms with Gasteiger partial charge >= 0.3 is 0 Å². The van der Waals surface area contributed by atoms with Gasteiger partial charge < -0.3 is 0 Å². The molecule has 6 heteroatoms. The van der Waals surface area contributed by atoms with Crippen LogP contribution in [0.25, 0.3) is 11.4 Å². The van der Waals surface area contributed by atoms with Gasteiger partial charge in [0.05, 0.1) is 17.1 Å². The van der Waals surface area contributed by atoms with Crippen LogP contribution in [0.1, 0.15) is 11.1 Å². The lowest BCUT2D eigenvalue weighted by Gasteiger charge is -2.08. The Hall–Kier alpha value is -2.27. The molecule has 0 saturated heterocycles. The number of aryl methyl sites for hydroxylation is 1. The number of nitrogens with zero attached hydrogens (tertiary/aromatic N) is 4. The molecular formula is C15H12ClFN4. The van der Waals surface area contributed by atoms with Crippen molar-refractivity contribution in [3.8, 4) is 11.4 Å². The molecule has 0 spiro atoms. The molecule has 0 unspecified atom stereocenters. The van der Waals surface area contributed by atoms with Crippen molar-refractivity contribution in [3.63, 3.8) is 0 Å². The molecule has 3 rings (SSSR count). The van der Waals surface area contributed by atoms with Crippen molar-refractivity contribution in [2.45, 2.75) is 13.5 Å². The lowest BCUT2D eigenvalue weighted by molar-refractivity contribution is 0.620. The SMILES string of the molecule is Cc1ccccc1Cn1nnnc1-c1cccc(Cl)c1F. The fourth-order valence-corrected chi connectivity index (χ4v) is 2.30. The van der Waals surface area contributed by atoms with E-state index in [0.29, 0.717) is 17.9 Å². The van der Waals surface area contributed by atoms with Crippen molar-refractivity contribution in [2.75, 3.05) is 0 Å². The quantitative estimate of drug-likeness (QED) is 0.744. The lowest BCUT2D eigenvalue weighted by Crippen LogP contribution is -2.06. The number of hydrogen-bond acceptors (Lipinski definition) is 3. The smallest absolute Gasteiger partial charge is 0.185 e. The highest BCUT2D eigenvalue weighted by Gasteiger charge is 2.16. The van der Waals surface area contributed by atoms with Gasteiger partial charge in [0.15, 0.2) is 11.6 Å². The Morgan fingerprint density at radius 3 is 2.76 bits per heavy atom. The number of tetrazole rings is 1. The molecule has 106 valence electrons. The van der Waals surface area contributed by atoms with Gasteiger partial charge in [-0.3, -0.25) is 0 Å². The Balaban J connectivity index is 2.02. The number of hydrogen-bond donors (Lipinski definition) is 0. The van der Waals surface area contributed by atoms with E-state index in [2.05, 4.69) is 15.5 Å². The molecule has 0 radical (unpaired) electrons. The second-order valence-corrected chi connectivity index (χ2v) is 5.10. The second-order valence-electron chi connectivity index (χ2n) is 4.69. The van der Waals surface area contributed by atoms with E-state index < -0.39 is 5.82 Å². The number of aromatic nitrogens is 4. The van der Waals surface area contributed by atoms with Crippen LogP contribution in [-0.4, -0.2) is 20.2 Å². The Morgan fingerprint density at radius 2 is 1.95 bits per heavy atom. The van der Waals surface area contributed by atoms with E-state index in [-0.39, 0.29) is 5.02 Å². The van der Waals surface area contributed by atoms with E-state index in [1.807, 2.05) is 31.2 Å². The summed E-state index contributed by atoms with van der Waals surface area (Å²) in [5.41, 5.74) is 2.50. The number of benzene rings is 2. The monoisotopic (exact) mass is 302 g/mol. The first-order valence-electron chi connectivity index (χ1n) is 6.42. The third-order valence-corrected chi connectivity index (χ3v) is 3.60. The van der Waals surface area contributed by atoms with E-state index in [4.69, 9.17) is 11.6 Å². The van der Waals surface area contributed by atoms with Crippen molar-refractivity contribution in [1.29, 1.82) is 0 Å². The molecule has 3 aromatic rings. The van der Waals surface area contributed by atoms with Gasteiger partial charge in [0, 0.05) is 0 Å². The van der Waals surface area contributed by atoms with E-state index in [1.165, 1.54) is 6.07 Å². The van der Waals surface area contributed by atoms with Crippen molar-refractivity contribution >= 4 is 11.6 Å². The Kier molecular flexibility index (Phi) is 3.66. The summed E-state index contributed by atoms with van der Waals surface area (Å²) in [5, 5.41) is 11.6. The maximum absolute atomic E-state index is 14.1. The van der Waals surface area contributed by atoms with E-state index in [0.717, 1.165) is 11.1 Å². The summed E-state index contributed by atoms with van der Waals surface area (Å²) in [4.78, 5) is 0. The molecule has 21 heavy (non-hydrogen) atoms. The zero-order valence-corrected chi connectivity index (χ0v) is 12.0. The second kappa shape index (κ2) is 5.61. The molecule has 0 bridgehead atoms. The minimum Gasteiger partial charge on any atom is -0.221 e. The predicted octanol–water partition coefficient (Wildman–Crippen LogP) is 3.49. The van der Waals surface area contributed by atoms with Crippen LogP contribution < -0.4 is 0 Å². The summed E-state index contributed by atoms with van der Waals surface area (Å²) >= 11 is 5.82. The van der Waals surface area contributed by atoms with Gasteiger partial charge in [0.1, 0.15) is 0 Å². The average Bonchev–Trinajstić information content (AvgIpc) is 2.92. The highest BCUT2D eigenvalue weighted by Crippen LogP contribution is 2.26. The van der Waals surface area contributed by atoms with Crippen LogP contribution in [0.15, 0.2) is 42.5 Å². The highest BCUT2D eigenvalue weighted by atomic mass is 35.5. The topological polar surface area (TPSA) is 43.6 Å². The molecule has 0 fully saturated rings. The first-order valence-corrected chi connectivity index (χ1v) is 6.79. The molecular weight excluding hydrogens is 291 g/mol. The Morgan fingerprint density at radius 1 is 1.14 bits per heavy atom. The maximum atomic E-state index is 14.1. The molecule has 2 aromatic carbocycles.